The monoisotopic (exact) mass is 325 g/mol. The first-order valence-corrected chi connectivity index (χ1v) is 7.15. The molecule has 0 saturated heterocycles. The van der Waals surface area contributed by atoms with Crippen LogP contribution in [0.1, 0.15) is 18.9 Å². The minimum atomic E-state index is -1.07. The first-order chi connectivity index (χ1) is 10.9. The molecule has 7 nitrogen and oxygen atoms in total. The topological polar surface area (TPSA) is 94.1 Å². The van der Waals surface area contributed by atoms with E-state index in [-0.39, 0.29) is 13.0 Å². The molecule has 128 valence electrons. The van der Waals surface area contributed by atoms with E-state index in [0.29, 0.717) is 24.5 Å². The van der Waals surface area contributed by atoms with E-state index in [0.717, 1.165) is 0 Å². The average molecular weight is 325 g/mol. The van der Waals surface area contributed by atoms with E-state index in [2.05, 4.69) is 5.32 Å². The first kappa shape index (κ1) is 18.9. The average Bonchev–Trinajstić information content (AvgIpc) is 2.51. The molecule has 1 rings (SSSR count). The van der Waals surface area contributed by atoms with Crippen molar-refractivity contribution in [2.24, 2.45) is 0 Å². The van der Waals surface area contributed by atoms with Crippen LogP contribution in [0.3, 0.4) is 0 Å². The predicted molar refractivity (Wildman–Crippen MR) is 83.4 cm³/mol. The summed E-state index contributed by atoms with van der Waals surface area (Å²) in [5, 5.41) is 11.9. The molecular weight excluding hydrogens is 302 g/mol. The van der Waals surface area contributed by atoms with Crippen LogP contribution in [0.15, 0.2) is 24.3 Å². The van der Waals surface area contributed by atoms with Gasteiger partial charge >= 0.3 is 5.97 Å². The molecule has 0 fully saturated rings. The maximum Gasteiger partial charge on any atom is 0.306 e. The molecule has 0 heterocycles. The number of ether oxygens (including phenoxy) is 3. The molecule has 1 amide bonds. The second-order valence-electron chi connectivity index (χ2n) is 5.23. The van der Waals surface area contributed by atoms with E-state index >= 15 is 0 Å². The highest BCUT2D eigenvalue weighted by Crippen LogP contribution is 2.27. The van der Waals surface area contributed by atoms with Crippen LogP contribution >= 0.6 is 0 Å². The number of nitrogens with one attached hydrogen (secondary N) is 1. The number of amides is 1. The van der Waals surface area contributed by atoms with Crippen LogP contribution in [-0.2, 0) is 24.6 Å². The molecule has 1 unspecified atom stereocenters. The number of carboxylic acid groups (broad SMARTS) is 1. The second-order valence-corrected chi connectivity index (χ2v) is 5.23. The van der Waals surface area contributed by atoms with Gasteiger partial charge in [-0.3, -0.25) is 9.59 Å². The molecule has 0 spiro atoms. The van der Waals surface area contributed by atoms with Gasteiger partial charge in [-0.2, -0.15) is 0 Å². The van der Waals surface area contributed by atoms with Crippen molar-refractivity contribution in [2.75, 3.05) is 34.0 Å². The van der Waals surface area contributed by atoms with Crippen LogP contribution in [0, 0.1) is 0 Å². The van der Waals surface area contributed by atoms with Gasteiger partial charge in [-0.15, -0.1) is 0 Å². The molecule has 0 saturated carbocycles. The molecule has 0 bridgehead atoms. The van der Waals surface area contributed by atoms with E-state index in [9.17, 15) is 9.59 Å². The Labute approximate surface area is 135 Å². The van der Waals surface area contributed by atoms with Gasteiger partial charge in [-0.05, 0) is 24.6 Å². The highest BCUT2D eigenvalue weighted by atomic mass is 16.5. The summed E-state index contributed by atoms with van der Waals surface area (Å²) < 4.78 is 15.1. The van der Waals surface area contributed by atoms with Crippen LogP contribution in [0.5, 0.6) is 5.75 Å². The van der Waals surface area contributed by atoms with Crippen molar-refractivity contribution < 1.29 is 28.9 Å². The van der Waals surface area contributed by atoms with Gasteiger partial charge < -0.3 is 24.6 Å². The number of carboxylic acids is 1. The van der Waals surface area contributed by atoms with E-state index in [4.69, 9.17) is 19.3 Å². The second kappa shape index (κ2) is 9.12. The minimum Gasteiger partial charge on any atom is -0.497 e. The van der Waals surface area contributed by atoms with Gasteiger partial charge in [0, 0.05) is 7.11 Å². The maximum atomic E-state index is 12.0. The molecule has 0 radical (unpaired) electrons. The zero-order chi connectivity index (χ0) is 17.3. The number of carbonyl (C=O) groups is 2. The standard InChI is InChI=1S/C16H23NO6/c1-16(10-15(19)20,12-5-4-6-13(9-12)22-3)17-14(18)11-23-8-7-21-2/h4-6,9H,7-8,10-11H2,1-3H3,(H,17,18)(H,19,20). The van der Waals surface area contributed by atoms with Gasteiger partial charge in [0.2, 0.25) is 5.91 Å². The molecular formula is C16H23NO6. The lowest BCUT2D eigenvalue weighted by molar-refractivity contribution is -0.139. The number of carbonyl (C=O) groups excluding carboxylic acids is 1. The molecule has 7 heteroatoms. The lowest BCUT2D eigenvalue weighted by Crippen LogP contribution is -2.46. The summed E-state index contributed by atoms with van der Waals surface area (Å²) in [6.07, 6.45) is -0.260. The Morgan fingerprint density at radius 1 is 1.26 bits per heavy atom. The maximum absolute atomic E-state index is 12.0. The lowest BCUT2D eigenvalue weighted by Gasteiger charge is -2.30. The Kier molecular flexibility index (Phi) is 7.50. The number of rotatable bonds is 10. The summed E-state index contributed by atoms with van der Waals surface area (Å²) >= 11 is 0. The molecule has 0 aliphatic rings. The fourth-order valence-corrected chi connectivity index (χ4v) is 2.14. The van der Waals surface area contributed by atoms with Crippen molar-refractivity contribution in [2.45, 2.75) is 18.9 Å². The number of benzene rings is 1. The largest absolute Gasteiger partial charge is 0.497 e. The van der Waals surface area contributed by atoms with Crippen molar-refractivity contribution in [3.05, 3.63) is 29.8 Å². The SMILES string of the molecule is COCCOCC(=O)NC(C)(CC(=O)O)c1cccc(OC)c1. The Hall–Kier alpha value is -2.12. The molecule has 23 heavy (non-hydrogen) atoms. The Morgan fingerprint density at radius 3 is 2.61 bits per heavy atom. The number of methoxy groups -OCH3 is 2. The number of hydrogen-bond acceptors (Lipinski definition) is 5. The zero-order valence-corrected chi connectivity index (χ0v) is 13.6. The number of aliphatic carboxylic acids is 1. The van der Waals surface area contributed by atoms with Gasteiger partial charge in [0.25, 0.3) is 0 Å². The molecule has 1 aromatic carbocycles. The zero-order valence-electron chi connectivity index (χ0n) is 13.6. The lowest BCUT2D eigenvalue weighted by atomic mass is 9.88. The van der Waals surface area contributed by atoms with Crippen molar-refractivity contribution in [1.82, 2.24) is 5.32 Å². The smallest absolute Gasteiger partial charge is 0.306 e. The van der Waals surface area contributed by atoms with Crippen molar-refractivity contribution in [3.8, 4) is 5.75 Å². The fraction of sp³-hybridized carbons (Fsp3) is 0.500. The molecule has 1 aromatic rings. The Balaban J connectivity index is 2.84. The molecule has 0 aliphatic heterocycles. The van der Waals surface area contributed by atoms with Crippen molar-refractivity contribution in [1.29, 1.82) is 0 Å². The van der Waals surface area contributed by atoms with Crippen LogP contribution in [0.2, 0.25) is 0 Å². The van der Waals surface area contributed by atoms with Gasteiger partial charge in [0.05, 0.1) is 32.3 Å². The summed E-state index contributed by atoms with van der Waals surface area (Å²) in [5.41, 5.74) is -0.424. The molecule has 1 atom stereocenters. The third kappa shape index (κ3) is 6.25. The van der Waals surface area contributed by atoms with Gasteiger partial charge in [0.1, 0.15) is 12.4 Å². The van der Waals surface area contributed by atoms with Crippen LogP contribution < -0.4 is 10.1 Å². The third-order valence-corrected chi connectivity index (χ3v) is 3.29. The summed E-state index contributed by atoms with van der Waals surface area (Å²) in [6, 6.07) is 6.95. The highest BCUT2D eigenvalue weighted by Gasteiger charge is 2.31. The fourth-order valence-electron chi connectivity index (χ4n) is 2.14. The van der Waals surface area contributed by atoms with Gasteiger partial charge in [-0.1, -0.05) is 12.1 Å². The molecule has 2 N–H and O–H groups in total. The van der Waals surface area contributed by atoms with E-state index in [1.807, 2.05) is 0 Å². The van der Waals surface area contributed by atoms with Crippen molar-refractivity contribution in [3.63, 3.8) is 0 Å². The first-order valence-electron chi connectivity index (χ1n) is 7.15. The summed E-state index contributed by atoms with van der Waals surface area (Å²) in [7, 11) is 3.06. The normalized spacial score (nSPS) is 13.2. The molecule has 0 aromatic heterocycles. The summed E-state index contributed by atoms with van der Waals surface area (Å²) in [5.74, 6) is -0.826. The molecule has 0 aliphatic carbocycles. The third-order valence-electron chi connectivity index (χ3n) is 3.29. The van der Waals surface area contributed by atoms with Crippen LogP contribution in [-0.4, -0.2) is 51.0 Å². The Bertz CT molecular complexity index is 533. The van der Waals surface area contributed by atoms with E-state index in [1.54, 1.807) is 31.2 Å². The quantitative estimate of drug-likeness (QED) is 0.627. The van der Waals surface area contributed by atoms with Crippen LogP contribution in [0.4, 0.5) is 0 Å². The highest BCUT2D eigenvalue weighted by molar-refractivity contribution is 5.79. The number of hydrogen-bond donors (Lipinski definition) is 2. The van der Waals surface area contributed by atoms with Crippen LogP contribution in [0.25, 0.3) is 0 Å². The Morgan fingerprint density at radius 2 is 2.00 bits per heavy atom. The summed E-state index contributed by atoms with van der Waals surface area (Å²) in [4.78, 5) is 23.2. The summed E-state index contributed by atoms with van der Waals surface area (Å²) in [6.45, 7) is 2.17. The van der Waals surface area contributed by atoms with Gasteiger partial charge in [0.15, 0.2) is 0 Å². The van der Waals surface area contributed by atoms with E-state index < -0.39 is 17.4 Å². The van der Waals surface area contributed by atoms with Gasteiger partial charge in [-0.25, -0.2) is 0 Å². The predicted octanol–water partition coefficient (Wildman–Crippen LogP) is 1.16. The van der Waals surface area contributed by atoms with E-state index in [1.165, 1.54) is 14.2 Å². The van der Waals surface area contributed by atoms with Crippen molar-refractivity contribution >= 4 is 11.9 Å². The minimum absolute atomic E-state index is 0.164.